The van der Waals surface area contributed by atoms with Gasteiger partial charge in [0.2, 0.25) is 0 Å². The van der Waals surface area contributed by atoms with Gasteiger partial charge in [-0.25, -0.2) is 4.68 Å². The molecule has 0 aliphatic heterocycles. The predicted molar refractivity (Wildman–Crippen MR) is 94.2 cm³/mol. The van der Waals surface area contributed by atoms with Crippen LogP contribution in [-0.4, -0.2) is 32.0 Å². The molecule has 128 valence electrons. The molecule has 0 unspecified atom stereocenters. The molecular weight excluding hydrogens is 318 g/mol. The van der Waals surface area contributed by atoms with Crippen molar-refractivity contribution < 1.29 is 4.79 Å². The normalized spacial score (nSPS) is 10.6. The van der Waals surface area contributed by atoms with E-state index in [4.69, 9.17) is 0 Å². The first-order valence-electron chi connectivity index (χ1n) is 7.97. The monoisotopic (exact) mass is 337 g/mol. The average Bonchev–Trinajstić information content (AvgIpc) is 3.00. The average molecular weight is 337 g/mol. The van der Waals surface area contributed by atoms with Crippen molar-refractivity contribution in [1.29, 1.82) is 0 Å². The Labute approximate surface area is 144 Å². The van der Waals surface area contributed by atoms with Gasteiger partial charge in [0.05, 0.1) is 17.9 Å². The molecule has 0 radical (unpaired) electrons. The third kappa shape index (κ3) is 3.82. The van der Waals surface area contributed by atoms with Crippen LogP contribution in [0.5, 0.6) is 0 Å². The number of rotatable bonds is 5. The summed E-state index contributed by atoms with van der Waals surface area (Å²) in [6.07, 6.45) is 0. The minimum atomic E-state index is -0.238. The smallest absolute Gasteiger partial charge is 0.269 e. The second kappa shape index (κ2) is 7.12. The molecule has 0 spiro atoms. The summed E-state index contributed by atoms with van der Waals surface area (Å²) in [5.41, 5.74) is 2.72. The minimum absolute atomic E-state index is 0.188. The van der Waals surface area contributed by atoms with Crippen LogP contribution in [0.15, 0.2) is 53.3 Å². The van der Waals surface area contributed by atoms with Crippen LogP contribution >= 0.6 is 0 Å². The fraction of sp³-hybridized carbons (Fsp3) is 0.222. The zero-order valence-electron chi connectivity index (χ0n) is 14.1. The molecule has 1 amide bonds. The lowest BCUT2D eigenvalue weighted by Gasteiger charge is -2.07. The van der Waals surface area contributed by atoms with Gasteiger partial charge >= 0.3 is 0 Å². The summed E-state index contributed by atoms with van der Waals surface area (Å²) in [6, 6.07) is 14.6. The van der Waals surface area contributed by atoms with Gasteiger partial charge in [-0.3, -0.25) is 14.3 Å². The first-order chi connectivity index (χ1) is 12.0. The largest absolute Gasteiger partial charge is 0.349 e. The summed E-state index contributed by atoms with van der Waals surface area (Å²) in [6.45, 7) is 2.44. The molecule has 1 aromatic carbocycles. The molecule has 7 heteroatoms. The molecule has 0 saturated heterocycles. The van der Waals surface area contributed by atoms with E-state index in [9.17, 15) is 9.59 Å². The van der Waals surface area contributed by atoms with Crippen molar-refractivity contribution in [3.63, 3.8) is 0 Å². The van der Waals surface area contributed by atoms with Gasteiger partial charge in [-0.2, -0.15) is 10.2 Å². The van der Waals surface area contributed by atoms with Gasteiger partial charge < -0.3 is 5.32 Å². The van der Waals surface area contributed by atoms with E-state index in [0.29, 0.717) is 18.8 Å². The first-order valence-corrected chi connectivity index (χ1v) is 7.97. The molecule has 0 atom stereocenters. The number of carbonyl (C=O) groups excluding carboxylic acids is 1. The number of aromatic nitrogens is 4. The minimum Gasteiger partial charge on any atom is -0.349 e. The van der Waals surface area contributed by atoms with Crippen molar-refractivity contribution in [2.75, 3.05) is 6.54 Å². The van der Waals surface area contributed by atoms with E-state index in [-0.39, 0.29) is 11.5 Å². The molecule has 7 nitrogen and oxygen atoms in total. The molecule has 3 aromatic rings. The molecule has 0 bridgehead atoms. The predicted octanol–water partition coefficient (Wildman–Crippen LogP) is 1.38. The molecule has 2 aromatic heterocycles. The third-order valence-corrected chi connectivity index (χ3v) is 3.79. The Morgan fingerprint density at radius 2 is 1.88 bits per heavy atom. The van der Waals surface area contributed by atoms with Gasteiger partial charge in [0.15, 0.2) is 0 Å². The Kier molecular flexibility index (Phi) is 4.74. The highest BCUT2D eigenvalue weighted by molar-refractivity contribution is 5.93. The van der Waals surface area contributed by atoms with Gasteiger partial charge in [0.25, 0.3) is 11.5 Å². The Hall–Kier alpha value is -3.22. The second-order valence-electron chi connectivity index (χ2n) is 5.70. The van der Waals surface area contributed by atoms with Crippen LogP contribution in [0.4, 0.5) is 0 Å². The maximum Gasteiger partial charge on any atom is 0.269 e. The van der Waals surface area contributed by atoms with E-state index in [1.165, 1.54) is 10.7 Å². The Morgan fingerprint density at radius 3 is 2.64 bits per heavy atom. The van der Waals surface area contributed by atoms with Crippen molar-refractivity contribution >= 4 is 5.91 Å². The molecule has 0 saturated carbocycles. The third-order valence-electron chi connectivity index (χ3n) is 3.79. The standard InChI is InChI=1S/C18H19N5O2/c1-13-8-9-17(24)23(20-13)11-10-19-18(25)16-12-15(21-22(16)2)14-6-4-3-5-7-14/h3-9,12H,10-11H2,1-2H3,(H,19,25). The van der Waals surface area contributed by atoms with Crippen molar-refractivity contribution in [3.8, 4) is 11.3 Å². The van der Waals surface area contributed by atoms with Gasteiger partial charge in [0, 0.05) is 25.2 Å². The van der Waals surface area contributed by atoms with Crippen LogP contribution in [-0.2, 0) is 13.6 Å². The fourth-order valence-electron chi connectivity index (χ4n) is 2.51. The van der Waals surface area contributed by atoms with Gasteiger partial charge in [-0.1, -0.05) is 30.3 Å². The van der Waals surface area contributed by atoms with Crippen molar-refractivity contribution in [2.24, 2.45) is 7.05 Å². The number of benzene rings is 1. The van der Waals surface area contributed by atoms with Gasteiger partial charge in [-0.05, 0) is 19.1 Å². The van der Waals surface area contributed by atoms with Crippen molar-refractivity contribution in [3.05, 3.63) is 70.3 Å². The first kappa shape index (κ1) is 16.6. The van der Waals surface area contributed by atoms with Crippen LogP contribution in [0.3, 0.4) is 0 Å². The van der Waals surface area contributed by atoms with E-state index >= 15 is 0 Å². The highest BCUT2D eigenvalue weighted by Gasteiger charge is 2.14. The lowest BCUT2D eigenvalue weighted by molar-refractivity contribution is 0.0942. The maximum atomic E-state index is 12.4. The number of aryl methyl sites for hydroxylation is 2. The number of hydrogen-bond acceptors (Lipinski definition) is 4. The maximum absolute atomic E-state index is 12.4. The number of amides is 1. The van der Waals surface area contributed by atoms with Crippen molar-refractivity contribution in [2.45, 2.75) is 13.5 Å². The summed E-state index contributed by atoms with van der Waals surface area (Å²) in [7, 11) is 1.73. The summed E-state index contributed by atoms with van der Waals surface area (Å²) in [4.78, 5) is 24.1. The topological polar surface area (TPSA) is 81.8 Å². The Bertz CT molecular complexity index is 944. The molecule has 0 fully saturated rings. The lowest BCUT2D eigenvalue weighted by atomic mass is 10.1. The van der Waals surface area contributed by atoms with E-state index in [1.807, 2.05) is 37.3 Å². The fourth-order valence-corrected chi connectivity index (χ4v) is 2.51. The highest BCUT2D eigenvalue weighted by atomic mass is 16.2. The van der Waals surface area contributed by atoms with Gasteiger partial charge in [-0.15, -0.1) is 0 Å². The molecule has 0 aliphatic carbocycles. The van der Waals surface area contributed by atoms with Crippen LogP contribution in [0, 0.1) is 6.92 Å². The molecule has 1 N–H and O–H groups in total. The highest BCUT2D eigenvalue weighted by Crippen LogP contribution is 2.18. The van der Waals surface area contributed by atoms with E-state index in [0.717, 1.165) is 17.0 Å². The number of hydrogen-bond donors (Lipinski definition) is 1. The summed E-state index contributed by atoms with van der Waals surface area (Å²) in [5.74, 6) is -0.238. The molecule has 3 rings (SSSR count). The Morgan fingerprint density at radius 1 is 1.12 bits per heavy atom. The molecule has 2 heterocycles. The van der Waals surface area contributed by atoms with E-state index in [1.54, 1.807) is 23.9 Å². The molecule has 25 heavy (non-hydrogen) atoms. The van der Waals surface area contributed by atoms with Crippen molar-refractivity contribution in [1.82, 2.24) is 24.9 Å². The number of nitrogens with zero attached hydrogens (tertiary/aromatic N) is 4. The summed E-state index contributed by atoms with van der Waals surface area (Å²) < 4.78 is 2.89. The van der Waals surface area contributed by atoms with E-state index in [2.05, 4.69) is 15.5 Å². The zero-order valence-corrected chi connectivity index (χ0v) is 14.1. The molecule has 0 aliphatic rings. The van der Waals surface area contributed by atoms with Crippen LogP contribution in [0.1, 0.15) is 16.2 Å². The number of carbonyl (C=O) groups is 1. The van der Waals surface area contributed by atoms with Crippen LogP contribution in [0.2, 0.25) is 0 Å². The number of nitrogens with one attached hydrogen (secondary N) is 1. The van der Waals surface area contributed by atoms with Crippen LogP contribution < -0.4 is 10.9 Å². The lowest BCUT2D eigenvalue weighted by Crippen LogP contribution is -2.32. The van der Waals surface area contributed by atoms with Gasteiger partial charge in [0.1, 0.15) is 5.69 Å². The quantitative estimate of drug-likeness (QED) is 0.763. The summed E-state index contributed by atoms with van der Waals surface area (Å²) in [5, 5.41) is 11.3. The molecular formula is C18H19N5O2. The Balaban J connectivity index is 1.67. The zero-order chi connectivity index (χ0) is 17.8. The second-order valence-corrected chi connectivity index (χ2v) is 5.70. The van der Waals surface area contributed by atoms with Crippen LogP contribution in [0.25, 0.3) is 11.3 Å². The SMILES string of the molecule is Cc1ccc(=O)n(CCNC(=O)c2cc(-c3ccccc3)nn2C)n1. The van der Waals surface area contributed by atoms with E-state index < -0.39 is 0 Å². The summed E-state index contributed by atoms with van der Waals surface area (Å²) >= 11 is 0.